The minimum Gasteiger partial charge on any atom is -0.388 e. The van der Waals surface area contributed by atoms with Gasteiger partial charge in [-0.3, -0.25) is 0 Å². The van der Waals surface area contributed by atoms with E-state index in [1.807, 2.05) is 18.2 Å². The quantitative estimate of drug-likeness (QED) is 0.398. The fraction of sp³-hybridized carbons (Fsp3) is 0.133. The molecule has 31 heavy (non-hydrogen) atoms. The van der Waals surface area contributed by atoms with Crippen molar-refractivity contribution in [2.75, 3.05) is 0 Å². The predicted octanol–water partition coefficient (Wildman–Crippen LogP) is 6.28. The summed E-state index contributed by atoms with van der Waals surface area (Å²) >= 11 is 0. The Balaban J connectivity index is 1.81. The Kier molecular flexibility index (Phi) is 5.05. The summed E-state index contributed by atoms with van der Waals surface area (Å²) in [5.74, 6) is 0. The fourth-order valence-corrected chi connectivity index (χ4v) is 5.24. The first-order valence-electron chi connectivity index (χ1n) is 10.9. The molecule has 0 spiro atoms. The SMILES string of the molecule is OC1C=CC(c2ccccc2)(c2ccccc2)CC1(c1ccccc1)c1ccccc1. The van der Waals surface area contributed by atoms with Gasteiger partial charge in [-0.15, -0.1) is 0 Å². The van der Waals surface area contributed by atoms with Gasteiger partial charge in [-0.2, -0.15) is 0 Å². The number of aliphatic hydroxyl groups excluding tert-OH is 1. The van der Waals surface area contributed by atoms with Crippen molar-refractivity contribution >= 4 is 0 Å². The fourth-order valence-electron chi connectivity index (χ4n) is 5.24. The maximum atomic E-state index is 11.6. The molecule has 0 aliphatic heterocycles. The molecule has 1 heteroatoms. The minimum atomic E-state index is -0.627. The lowest BCUT2D eigenvalue weighted by molar-refractivity contribution is 0.119. The average molecular weight is 403 g/mol. The van der Waals surface area contributed by atoms with Gasteiger partial charge in [0.15, 0.2) is 0 Å². The van der Waals surface area contributed by atoms with Crippen LogP contribution in [0.25, 0.3) is 0 Å². The third kappa shape index (κ3) is 3.22. The van der Waals surface area contributed by atoms with Gasteiger partial charge in [-0.1, -0.05) is 133 Å². The van der Waals surface area contributed by atoms with Gasteiger partial charge in [-0.25, -0.2) is 0 Å². The van der Waals surface area contributed by atoms with E-state index >= 15 is 0 Å². The highest BCUT2D eigenvalue weighted by Gasteiger charge is 2.50. The highest BCUT2D eigenvalue weighted by molar-refractivity contribution is 5.53. The third-order valence-electron chi connectivity index (χ3n) is 6.78. The third-order valence-corrected chi connectivity index (χ3v) is 6.78. The molecule has 1 nitrogen and oxygen atoms in total. The van der Waals surface area contributed by atoms with E-state index in [4.69, 9.17) is 0 Å². The van der Waals surface area contributed by atoms with Crippen LogP contribution < -0.4 is 0 Å². The molecule has 1 N–H and O–H groups in total. The number of aliphatic hydroxyl groups is 1. The normalized spacial score (nSPS) is 19.1. The Bertz CT molecular complexity index is 1070. The van der Waals surface area contributed by atoms with Gasteiger partial charge in [0.25, 0.3) is 0 Å². The van der Waals surface area contributed by atoms with Crippen molar-refractivity contribution in [2.45, 2.75) is 23.4 Å². The van der Waals surface area contributed by atoms with Crippen molar-refractivity contribution in [1.29, 1.82) is 0 Å². The molecule has 1 unspecified atom stereocenters. The van der Waals surface area contributed by atoms with Crippen molar-refractivity contribution < 1.29 is 5.11 Å². The Morgan fingerprint density at radius 1 is 0.516 bits per heavy atom. The predicted molar refractivity (Wildman–Crippen MR) is 127 cm³/mol. The summed E-state index contributed by atoms with van der Waals surface area (Å²) in [4.78, 5) is 0. The first kappa shape index (κ1) is 19.5. The van der Waals surface area contributed by atoms with Gasteiger partial charge in [-0.05, 0) is 28.7 Å². The maximum absolute atomic E-state index is 11.6. The van der Waals surface area contributed by atoms with Crippen LogP contribution in [0.4, 0.5) is 0 Å². The lowest BCUT2D eigenvalue weighted by Gasteiger charge is -2.49. The molecule has 152 valence electrons. The van der Waals surface area contributed by atoms with Gasteiger partial charge < -0.3 is 5.11 Å². The molecule has 1 aliphatic rings. The standard InChI is InChI=1S/C30H26O/c31-28-21-22-29(24-13-5-1-6-14-24,25-15-7-2-8-16-25)23-30(28,26-17-9-3-10-18-26)27-19-11-4-12-20-27/h1-22,28,31H,23H2. The van der Waals surface area contributed by atoms with E-state index in [2.05, 4.69) is 115 Å². The lowest BCUT2D eigenvalue weighted by Crippen LogP contribution is -2.49. The second kappa shape index (κ2) is 8.02. The van der Waals surface area contributed by atoms with Gasteiger partial charge in [0, 0.05) is 5.41 Å². The summed E-state index contributed by atoms with van der Waals surface area (Å²) in [6.45, 7) is 0. The number of allylic oxidation sites excluding steroid dienone is 1. The Morgan fingerprint density at radius 2 is 0.871 bits per heavy atom. The van der Waals surface area contributed by atoms with Crippen molar-refractivity contribution in [3.8, 4) is 0 Å². The van der Waals surface area contributed by atoms with Crippen molar-refractivity contribution in [3.63, 3.8) is 0 Å². The van der Waals surface area contributed by atoms with Crippen LogP contribution in [-0.2, 0) is 10.8 Å². The van der Waals surface area contributed by atoms with Crippen molar-refractivity contribution in [2.24, 2.45) is 0 Å². The topological polar surface area (TPSA) is 20.2 Å². The first-order valence-corrected chi connectivity index (χ1v) is 10.9. The summed E-state index contributed by atoms with van der Waals surface area (Å²) in [7, 11) is 0. The second-order valence-electron chi connectivity index (χ2n) is 8.39. The smallest absolute Gasteiger partial charge is 0.0859 e. The van der Waals surface area contributed by atoms with E-state index in [1.54, 1.807) is 0 Å². The molecule has 0 saturated carbocycles. The molecule has 5 rings (SSSR count). The average Bonchev–Trinajstić information content (AvgIpc) is 2.87. The molecule has 0 fully saturated rings. The number of rotatable bonds is 4. The molecular weight excluding hydrogens is 376 g/mol. The molecule has 1 aliphatic carbocycles. The van der Waals surface area contributed by atoms with Crippen LogP contribution in [0.3, 0.4) is 0 Å². The van der Waals surface area contributed by atoms with Crippen LogP contribution >= 0.6 is 0 Å². The van der Waals surface area contributed by atoms with E-state index < -0.39 is 11.5 Å². The molecule has 0 aromatic heterocycles. The molecule has 0 heterocycles. The van der Waals surface area contributed by atoms with Crippen LogP contribution in [0.1, 0.15) is 28.7 Å². The Hall–Kier alpha value is -3.42. The zero-order valence-electron chi connectivity index (χ0n) is 17.4. The summed E-state index contributed by atoms with van der Waals surface area (Å²) in [6, 6.07) is 42.3. The van der Waals surface area contributed by atoms with Gasteiger partial charge in [0.2, 0.25) is 0 Å². The van der Waals surface area contributed by atoms with Gasteiger partial charge in [0.05, 0.1) is 11.5 Å². The van der Waals surface area contributed by atoms with Crippen LogP contribution in [0.5, 0.6) is 0 Å². The molecule has 0 saturated heterocycles. The lowest BCUT2D eigenvalue weighted by atomic mass is 9.55. The van der Waals surface area contributed by atoms with Gasteiger partial charge >= 0.3 is 0 Å². The van der Waals surface area contributed by atoms with E-state index in [0.717, 1.165) is 17.5 Å². The van der Waals surface area contributed by atoms with E-state index in [-0.39, 0.29) is 5.41 Å². The van der Waals surface area contributed by atoms with Crippen LogP contribution in [0, 0.1) is 0 Å². The monoisotopic (exact) mass is 402 g/mol. The zero-order valence-corrected chi connectivity index (χ0v) is 17.4. The number of hydrogen-bond donors (Lipinski definition) is 1. The summed E-state index contributed by atoms with van der Waals surface area (Å²) in [6.07, 6.45) is 4.33. The number of hydrogen-bond acceptors (Lipinski definition) is 1. The maximum Gasteiger partial charge on any atom is 0.0859 e. The largest absolute Gasteiger partial charge is 0.388 e. The van der Waals surface area contributed by atoms with Crippen molar-refractivity contribution in [1.82, 2.24) is 0 Å². The highest BCUT2D eigenvalue weighted by Crippen LogP contribution is 2.52. The van der Waals surface area contributed by atoms with Gasteiger partial charge in [0.1, 0.15) is 0 Å². The second-order valence-corrected chi connectivity index (χ2v) is 8.39. The zero-order chi connectivity index (χ0) is 21.2. The van der Waals surface area contributed by atoms with E-state index in [1.165, 1.54) is 11.1 Å². The summed E-state index contributed by atoms with van der Waals surface area (Å²) in [5.41, 5.74) is 3.82. The molecule has 0 amide bonds. The highest BCUT2D eigenvalue weighted by atomic mass is 16.3. The molecule has 0 radical (unpaired) electrons. The molecular formula is C30H26O. The first-order chi connectivity index (χ1) is 15.3. The van der Waals surface area contributed by atoms with E-state index in [9.17, 15) is 5.11 Å². The van der Waals surface area contributed by atoms with Crippen molar-refractivity contribution in [3.05, 3.63) is 156 Å². The molecule has 0 bridgehead atoms. The number of benzene rings is 4. The van der Waals surface area contributed by atoms with Crippen LogP contribution in [0.2, 0.25) is 0 Å². The summed E-state index contributed by atoms with van der Waals surface area (Å²) in [5, 5.41) is 11.6. The van der Waals surface area contributed by atoms with Crippen LogP contribution in [0.15, 0.2) is 133 Å². The van der Waals surface area contributed by atoms with Crippen LogP contribution in [-0.4, -0.2) is 11.2 Å². The van der Waals surface area contributed by atoms with E-state index in [0.29, 0.717) is 0 Å². The molecule has 1 atom stereocenters. The Labute approximate surface area is 184 Å². The minimum absolute atomic E-state index is 0.354. The molecule has 4 aromatic rings. The molecule has 4 aromatic carbocycles. The summed E-state index contributed by atoms with van der Waals surface area (Å²) < 4.78 is 0. The Morgan fingerprint density at radius 3 is 1.26 bits per heavy atom.